The van der Waals surface area contributed by atoms with E-state index in [-0.39, 0.29) is 12.4 Å². The standard InChI is InChI=1S/C18H21N.ClH/c1-2-9-19-12-17-11-18(17,13-19)16-8-7-14-5-3-4-6-15(14)10-16;/h3-8,10,17H,2,9,11-13H2,1H3;1H. The van der Waals surface area contributed by atoms with Crippen LogP contribution in [0.4, 0.5) is 0 Å². The predicted molar refractivity (Wildman–Crippen MR) is 87.7 cm³/mol. The Balaban J connectivity index is 0.00000121. The van der Waals surface area contributed by atoms with Gasteiger partial charge in [0.1, 0.15) is 0 Å². The van der Waals surface area contributed by atoms with Gasteiger partial charge in [0.05, 0.1) is 0 Å². The van der Waals surface area contributed by atoms with Gasteiger partial charge in [-0.3, -0.25) is 0 Å². The van der Waals surface area contributed by atoms with E-state index < -0.39 is 0 Å². The Kier molecular flexibility index (Phi) is 3.51. The van der Waals surface area contributed by atoms with E-state index >= 15 is 0 Å². The molecule has 0 amide bonds. The summed E-state index contributed by atoms with van der Waals surface area (Å²) in [5.74, 6) is 0.917. The Morgan fingerprint density at radius 2 is 1.95 bits per heavy atom. The number of piperidine rings is 1. The van der Waals surface area contributed by atoms with Crippen molar-refractivity contribution in [2.75, 3.05) is 19.6 Å². The van der Waals surface area contributed by atoms with Crippen LogP contribution in [0.2, 0.25) is 0 Å². The number of likely N-dealkylation sites (tertiary alicyclic amines) is 1. The van der Waals surface area contributed by atoms with Gasteiger partial charge in [-0.1, -0.05) is 49.4 Å². The molecule has 20 heavy (non-hydrogen) atoms. The van der Waals surface area contributed by atoms with E-state index in [1.807, 2.05) is 0 Å². The maximum Gasteiger partial charge on any atom is 0.0125 e. The highest BCUT2D eigenvalue weighted by atomic mass is 35.5. The number of halogens is 1. The van der Waals surface area contributed by atoms with Crippen molar-refractivity contribution in [2.45, 2.75) is 25.2 Å². The molecule has 1 aliphatic carbocycles. The van der Waals surface area contributed by atoms with Crippen LogP contribution in [0.15, 0.2) is 42.5 Å². The third kappa shape index (κ3) is 2.04. The number of hydrogen-bond donors (Lipinski definition) is 0. The first-order valence-corrected chi connectivity index (χ1v) is 7.53. The zero-order chi connectivity index (χ0) is 12.9. The molecule has 4 rings (SSSR count). The Bertz CT molecular complexity index is 624. The Labute approximate surface area is 127 Å². The molecule has 1 saturated heterocycles. The van der Waals surface area contributed by atoms with Gasteiger partial charge in [-0.05, 0) is 41.6 Å². The van der Waals surface area contributed by atoms with Crippen LogP contribution in [0, 0.1) is 5.92 Å². The quantitative estimate of drug-likeness (QED) is 0.816. The molecule has 106 valence electrons. The molecule has 1 saturated carbocycles. The first-order chi connectivity index (χ1) is 9.32. The summed E-state index contributed by atoms with van der Waals surface area (Å²) in [5.41, 5.74) is 2.08. The smallest absolute Gasteiger partial charge is 0.0125 e. The minimum atomic E-state index is 0. The fourth-order valence-corrected chi connectivity index (χ4v) is 4.02. The number of nitrogens with zero attached hydrogens (tertiary/aromatic N) is 1. The molecule has 0 spiro atoms. The van der Waals surface area contributed by atoms with Gasteiger partial charge in [-0.15, -0.1) is 12.4 Å². The van der Waals surface area contributed by atoms with Crippen LogP contribution in [-0.2, 0) is 5.41 Å². The third-order valence-electron chi connectivity index (χ3n) is 5.08. The minimum Gasteiger partial charge on any atom is -0.302 e. The molecule has 2 unspecified atom stereocenters. The molecule has 2 aromatic rings. The van der Waals surface area contributed by atoms with Gasteiger partial charge < -0.3 is 4.90 Å². The maximum absolute atomic E-state index is 2.66. The topological polar surface area (TPSA) is 3.24 Å². The molecule has 0 N–H and O–H groups in total. The fraction of sp³-hybridized carbons (Fsp3) is 0.444. The summed E-state index contributed by atoms with van der Waals surface area (Å²) in [4.78, 5) is 2.66. The first-order valence-electron chi connectivity index (χ1n) is 7.53. The van der Waals surface area contributed by atoms with Crippen LogP contribution >= 0.6 is 12.4 Å². The van der Waals surface area contributed by atoms with Crippen molar-refractivity contribution < 1.29 is 0 Å². The van der Waals surface area contributed by atoms with Gasteiger partial charge in [0.25, 0.3) is 0 Å². The van der Waals surface area contributed by atoms with E-state index in [0.29, 0.717) is 5.41 Å². The molecule has 2 fully saturated rings. The number of hydrogen-bond acceptors (Lipinski definition) is 1. The highest BCUT2D eigenvalue weighted by Gasteiger charge is 2.60. The van der Waals surface area contributed by atoms with Crippen molar-refractivity contribution in [3.05, 3.63) is 48.0 Å². The summed E-state index contributed by atoms with van der Waals surface area (Å²) in [6.45, 7) is 6.16. The van der Waals surface area contributed by atoms with E-state index in [0.717, 1.165) is 5.92 Å². The second-order valence-corrected chi connectivity index (χ2v) is 6.35. The van der Waals surface area contributed by atoms with Gasteiger partial charge in [0, 0.05) is 18.5 Å². The van der Waals surface area contributed by atoms with Gasteiger partial charge in [-0.25, -0.2) is 0 Å². The molecule has 2 aromatic carbocycles. The summed E-state index contributed by atoms with van der Waals surface area (Å²) < 4.78 is 0. The van der Waals surface area contributed by atoms with Crippen LogP contribution in [0.1, 0.15) is 25.3 Å². The average Bonchev–Trinajstić information content (AvgIpc) is 3.02. The molecule has 2 atom stereocenters. The van der Waals surface area contributed by atoms with Gasteiger partial charge in [-0.2, -0.15) is 0 Å². The summed E-state index contributed by atoms with van der Waals surface area (Å²) in [6.07, 6.45) is 2.69. The van der Waals surface area contributed by atoms with E-state index in [1.165, 1.54) is 43.2 Å². The molecule has 0 bridgehead atoms. The van der Waals surface area contributed by atoms with Gasteiger partial charge >= 0.3 is 0 Å². The van der Waals surface area contributed by atoms with Crippen LogP contribution in [0.25, 0.3) is 10.8 Å². The second-order valence-electron chi connectivity index (χ2n) is 6.35. The van der Waals surface area contributed by atoms with Crippen molar-refractivity contribution in [3.63, 3.8) is 0 Å². The zero-order valence-electron chi connectivity index (χ0n) is 12.0. The highest BCUT2D eigenvalue weighted by Crippen LogP contribution is 2.59. The van der Waals surface area contributed by atoms with Gasteiger partial charge in [0.15, 0.2) is 0 Å². The lowest BCUT2D eigenvalue weighted by Crippen LogP contribution is -2.27. The van der Waals surface area contributed by atoms with Crippen molar-refractivity contribution in [1.82, 2.24) is 4.90 Å². The lowest BCUT2D eigenvalue weighted by atomic mass is 9.93. The SMILES string of the molecule is CCCN1CC2CC2(c2ccc3ccccc3c2)C1.Cl. The molecule has 2 heteroatoms. The molecule has 0 radical (unpaired) electrons. The zero-order valence-corrected chi connectivity index (χ0v) is 12.8. The Morgan fingerprint density at radius 3 is 2.75 bits per heavy atom. The summed E-state index contributed by atoms with van der Waals surface area (Å²) in [6, 6.07) is 15.8. The van der Waals surface area contributed by atoms with E-state index in [1.54, 1.807) is 5.56 Å². The average molecular weight is 288 g/mol. The number of benzene rings is 2. The van der Waals surface area contributed by atoms with Crippen LogP contribution in [-0.4, -0.2) is 24.5 Å². The summed E-state index contributed by atoms with van der Waals surface area (Å²) in [5, 5.41) is 2.76. The minimum absolute atomic E-state index is 0. The Hall–Kier alpha value is -1.05. The van der Waals surface area contributed by atoms with Crippen molar-refractivity contribution in [3.8, 4) is 0 Å². The monoisotopic (exact) mass is 287 g/mol. The van der Waals surface area contributed by atoms with E-state index in [2.05, 4.69) is 54.3 Å². The lowest BCUT2D eigenvalue weighted by Gasteiger charge is -2.20. The molecule has 1 aliphatic heterocycles. The summed E-state index contributed by atoms with van der Waals surface area (Å²) in [7, 11) is 0. The first kappa shape index (κ1) is 13.9. The normalized spacial score (nSPS) is 28.1. The highest BCUT2D eigenvalue weighted by molar-refractivity contribution is 5.85. The van der Waals surface area contributed by atoms with Gasteiger partial charge in [0.2, 0.25) is 0 Å². The molecule has 2 aliphatic rings. The third-order valence-corrected chi connectivity index (χ3v) is 5.08. The van der Waals surface area contributed by atoms with Crippen LogP contribution in [0.5, 0.6) is 0 Å². The van der Waals surface area contributed by atoms with Crippen molar-refractivity contribution in [1.29, 1.82) is 0 Å². The number of fused-ring (bicyclic) bond motifs is 2. The number of rotatable bonds is 3. The molecule has 1 nitrogen and oxygen atoms in total. The van der Waals surface area contributed by atoms with Crippen LogP contribution < -0.4 is 0 Å². The fourth-order valence-electron chi connectivity index (χ4n) is 4.02. The predicted octanol–water partition coefficient (Wildman–Crippen LogP) is 4.24. The molecule has 0 aromatic heterocycles. The second kappa shape index (κ2) is 5.05. The lowest BCUT2D eigenvalue weighted by molar-refractivity contribution is 0.299. The van der Waals surface area contributed by atoms with Crippen LogP contribution in [0.3, 0.4) is 0 Å². The summed E-state index contributed by atoms with van der Waals surface area (Å²) >= 11 is 0. The van der Waals surface area contributed by atoms with E-state index in [9.17, 15) is 0 Å². The molecule has 1 heterocycles. The maximum atomic E-state index is 2.66. The molecular weight excluding hydrogens is 266 g/mol. The van der Waals surface area contributed by atoms with Crippen molar-refractivity contribution >= 4 is 23.2 Å². The van der Waals surface area contributed by atoms with Crippen molar-refractivity contribution in [2.24, 2.45) is 5.92 Å². The Morgan fingerprint density at radius 1 is 1.15 bits per heavy atom. The van der Waals surface area contributed by atoms with E-state index in [4.69, 9.17) is 0 Å². The molecular formula is C18H22ClN. The largest absolute Gasteiger partial charge is 0.302 e.